The molecule has 6 nitrogen and oxygen atoms in total. The van der Waals surface area contributed by atoms with Gasteiger partial charge in [-0.2, -0.15) is 0 Å². The van der Waals surface area contributed by atoms with Crippen LogP contribution >= 0.6 is 15.9 Å². The molecule has 8 heteroatoms. The lowest BCUT2D eigenvalue weighted by atomic mass is 10.1. The highest BCUT2D eigenvalue weighted by atomic mass is 79.9. The molecule has 2 N–H and O–H groups in total. The normalized spacial score (nSPS) is 12.2. The molecule has 0 fully saturated rings. The van der Waals surface area contributed by atoms with Crippen molar-refractivity contribution in [3.8, 4) is 0 Å². The maximum atomic E-state index is 12.5. The van der Waals surface area contributed by atoms with Crippen LogP contribution in [0.2, 0.25) is 0 Å². The molecule has 150 valence electrons. The zero-order valence-corrected chi connectivity index (χ0v) is 17.9. The number of nitrogens with one attached hydrogen (secondary N) is 2. The lowest BCUT2D eigenvalue weighted by molar-refractivity contribution is -0.126. The molecule has 3 rings (SSSR count). The van der Waals surface area contributed by atoms with E-state index in [4.69, 9.17) is 4.74 Å². The molecular weight excluding hydrogens is 456 g/mol. The summed E-state index contributed by atoms with van der Waals surface area (Å²) >= 11 is 3.31. The van der Waals surface area contributed by atoms with Gasteiger partial charge in [0.25, 0.3) is 15.9 Å². The average molecular weight is 475 g/mol. The number of halogens is 1. The lowest BCUT2D eigenvalue weighted by Gasteiger charge is -2.16. The lowest BCUT2D eigenvalue weighted by Crippen LogP contribution is -2.22. The zero-order chi connectivity index (χ0) is 20.9. The van der Waals surface area contributed by atoms with Crippen molar-refractivity contribution in [3.05, 3.63) is 88.9 Å². The molecule has 0 heterocycles. The fourth-order valence-corrected chi connectivity index (χ4v) is 4.00. The van der Waals surface area contributed by atoms with Crippen molar-refractivity contribution in [1.29, 1.82) is 0 Å². The van der Waals surface area contributed by atoms with E-state index in [1.165, 1.54) is 31.4 Å². The molecule has 0 spiro atoms. The van der Waals surface area contributed by atoms with Crippen molar-refractivity contribution in [2.75, 3.05) is 17.1 Å². The summed E-state index contributed by atoms with van der Waals surface area (Å²) in [6, 6.07) is 21.9. The number of rotatable bonds is 7. The molecule has 3 aromatic carbocycles. The average Bonchev–Trinajstić information content (AvgIpc) is 2.71. The molecule has 3 aromatic rings. The molecule has 1 atom stereocenters. The molecule has 0 unspecified atom stereocenters. The number of ether oxygens (including phenoxy) is 1. The van der Waals surface area contributed by atoms with Crippen molar-refractivity contribution in [1.82, 2.24) is 0 Å². The highest BCUT2D eigenvalue weighted by Crippen LogP contribution is 2.22. The third-order valence-corrected chi connectivity index (χ3v) is 6.03. The van der Waals surface area contributed by atoms with Crippen molar-refractivity contribution >= 4 is 43.2 Å². The van der Waals surface area contributed by atoms with Gasteiger partial charge in [-0.15, -0.1) is 0 Å². The molecule has 0 aliphatic heterocycles. The Morgan fingerprint density at radius 2 is 1.48 bits per heavy atom. The third kappa shape index (κ3) is 5.44. The van der Waals surface area contributed by atoms with E-state index in [9.17, 15) is 13.2 Å². The number of hydrogen-bond acceptors (Lipinski definition) is 4. The Hall–Kier alpha value is -2.68. The summed E-state index contributed by atoms with van der Waals surface area (Å²) in [5.41, 5.74) is 1.65. The molecule has 0 aromatic heterocycles. The molecular formula is C21H19BrN2O4S. The molecule has 0 aliphatic rings. The standard InChI is InChI=1S/C21H19BrN2O4S/c1-28-20(15-5-3-2-4-6-15)21(25)23-17-11-13-19(14-12-17)29(26,27)24-18-9-7-16(22)8-10-18/h2-14,20,24H,1H3,(H,23,25)/t20-/m1/s1. The summed E-state index contributed by atoms with van der Waals surface area (Å²) in [7, 11) is -2.28. The fourth-order valence-electron chi connectivity index (χ4n) is 2.68. The first-order valence-electron chi connectivity index (χ1n) is 8.66. The summed E-state index contributed by atoms with van der Waals surface area (Å²) in [5.74, 6) is -0.345. The number of sulfonamides is 1. The highest BCUT2D eigenvalue weighted by molar-refractivity contribution is 9.10. The van der Waals surface area contributed by atoms with Crippen LogP contribution in [0.4, 0.5) is 11.4 Å². The van der Waals surface area contributed by atoms with E-state index in [-0.39, 0.29) is 10.8 Å². The van der Waals surface area contributed by atoms with E-state index >= 15 is 0 Å². The Labute approximate surface area is 178 Å². The molecule has 0 bridgehead atoms. The Balaban J connectivity index is 1.70. The fraction of sp³-hybridized carbons (Fsp3) is 0.0952. The first-order chi connectivity index (χ1) is 13.9. The predicted molar refractivity (Wildman–Crippen MR) is 116 cm³/mol. The maximum Gasteiger partial charge on any atom is 0.261 e. The Kier molecular flexibility index (Phi) is 6.68. The van der Waals surface area contributed by atoms with E-state index < -0.39 is 16.1 Å². The second-order valence-corrected chi connectivity index (χ2v) is 8.75. The second kappa shape index (κ2) is 9.21. The smallest absolute Gasteiger partial charge is 0.261 e. The van der Waals surface area contributed by atoms with Crippen molar-refractivity contribution < 1.29 is 17.9 Å². The van der Waals surface area contributed by atoms with Crippen molar-refractivity contribution in [2.45, 2.75) is 11.0 Å². The minimum Gasteiger partial charge on any atom is -0.367 e. The third-order valence-electron chi connectivity index (χ3n) is 4.10. The van der Waals surface area contributed by atoms with E-state index in [0.717, 1.165) is 10.0 Å². The molecule has 29 heavy (non-hydrogen) atoms. The largest absolute Gasteiger partial charge is 0.367 e. The van der Waals surface area contributed by atoms with Gasteiger partial charge in [0, 0.05) is 23.0 Å². The van der Waals surface area contributed by atoms with Crippen LogP contribution in [0.3, 0.4) is 0 Å². The SMILES string of the molecule is CO[C@@H](C(=O)Nc1ccc(S(=O)(=O)Nc2ccc(Br)cc2)cc1)c1ccccc1. The number of amides is 1. The van der Waals surface area contributed by atoms with Gasteiger partial charge in [0.1, 0.15) is 0 Å². The number of carbonyl (C=O) groups is 1. The summed E-state index contributed by atoms with van der Waals surface area (Å²) in [6.07, 6.45) is -0.765. The summed E-state index contributed by atoms with van der Waals surface area (Å²) in [6.45, 7) is 0. The van der Waals surface area contributed by atoms with Crippen LogP contribution < -0.4 is 10.0 Å². The van der Waals surface area contributed by atoms with Crippen LogP contribution in [-0.2, 0) is 19.6 Å². The van der Waals surface area contributed by atoms with Crippen LogP contribution in [0.1, 0.15) is 11.7 Å². The molecule has 1 amide bonds. The van der Waals surface area contributed by atoms with E-state index in [0.29, 0.717) is 11.4 Å². The summed E-state index contributed by atoms with van der Waals surface area (Å²) in [5, 5.41) is 2.74. The van der Waals surface area contributed by atoms with Crippen LogP contribution in [0.25, 0.3) is 0 Å². The van der Waals surface area contributed by atoms with Crippen LogP contribution in [0.15, 0.2) is 88.2 Å². The second-order valence-electron chi connectivity index (χ2n) is 6.15. The Bertz CT molecular complexity index is 1070. The maximum absolute atomic E-state index is 12.5. The topological polar surface area (TPSA) is 84.5 Å². The first kappa shape index (κ1) is 21.0. The number of benzene rings is 3. The Morgan fingerprint density at radius 1 is 0.897 bits per heavy atom. The van der Waals surface area contributed by atoms with Gasteiger partial charge in [-0.25, -0.2) is 8.42 Å². The monoisotopic (exact) mass is 474 g/mol. The van der Waals surface area contributed by atoms with E-state index in [1.54, 1.807) is 36.4 Å². The number of hydrogen-bond donors (Lipinski definition) is 2. The molecule has 0 saturated carbocycles. The summed E-state index contributed by atoms with van der Waals surface area (Å²) < 4.78 is 33.7. The van der Waals surface area contributed by atoms with Crippen LogP contribution in [0.5, 0.6) is 0 Å². The number of carbonyl (C=O) groups excluding carboxylic acids is 1. The van der Waals surface area contributed by atoms with Gasteiger partial charge in [0.15, 0.2) is 6.10 Å². The van der Waals surface area contributed by atoms with Gasteiger partial charge >= 0.3 is 0 Å². The minimum absolute atomic E-state index is 0.0877. The number of anilines is 2. The quantitative estimate of drug-likeness (QED) is 0.524. The summed E-state index contributed by atoms with van der Waals surface area (Å²) in [4.78, 5) is 12.6. The molecule has 0 radical (unpaired) electrons. The van der Waals surface area contributed by atoms with E-state index in [1.807, 2.05) is 18.2 Å². The van der Waals surface area contributed by atoms with Crippen molar-refractivity contribution in [3.63, 3.8) is 0 Å². The highest BCUT2D eigenvalue weighted by Gasteiger charge is 2.20. The van der Waals surface area contributed by atoms with Gasteiger partial charge in [-0.3, -0.25) is 9.52 Å². The van der Waals surface area contributed by atoms with Gasteiger partial charge in [0.05, 0.1) is 4.90 Å². The van der Waals surface area contributed by atoms with Gasteiger partial charge in [-0.1, -0.05) is 46.3 Å². The minimum atomic E-state index is -3.74. The van der Waals surface area contributed by atoms with Gasteiger partial charge in [0.2, 0.25) is 0 Å². The van der Waals surface area contributed by atoms with Gasteiger partial charge in [-0.05, 0) is 54.1 Å². The van der Waals surface area contributed by atoms with Crippen LogP contribution in [0, 0.1) is 0 Å². The van der Waals surface area contributed by atoms with Crippen LogP contribution in [-0.4, -0.2) is 21.4 Å². The molecule has 0 saturated heterocycles. The first-order valence-corrected chi connectivity index (χ1v) is 10.9. The van der Waals surface area contributed by atoms with Crippen molar-refractivity contribution in [2.24, 2.45) is 0 Å². The van der Waals surface area contributed by atoms with Gasteiger partial charge < -0.3 is 10.1 Å². The Morgan fingerprint density at radius 3 is 2.07 bits per heavy atom. The predicted octanol–water partition coefficient (Wildman–Crippen LogP) is 4.58. The molecule has 0 aliphatic carbocycles. The number of methoxy groups -OCH3 is 1. The van der Waals surface area contributed by atoms with E-state index in [2.05, 4.69) is 26.0 Å². The zero-order valence-electron chi connectivity index (χ0n) is 15.5.